The van der Waals surface area contributed by atoms with E-state index in [-0.39, 0.29) is 25.0 Å². The number of nitrogens with zero attached hydrogens (tertiary/aromatic N) is 1. The van der Waals surface area contributed by atoms with Crippen LogP contribution in [0.1, 0.15) is 0 Å². The van der Waals surface area contributed by atoms with Crippen LogP contribution in [0.4, 0.5) is 5.69 Å². The molecular formula is C10H9NO3. The van der Waals surface area contributed by atoms with Crippen molar-refractivity contribution in [2.24, 2.45) is 0 Å². The Morgan fingerprint density at radius 2 is 1.57 bits per heavy atom. The minimum absolute atomic E-state index is 0.0271. The largest absolute Gasteiger partial charge is 0.362 e. The molecule has 1 aliphatic heterocycles. The number of para-hydroxylation sites is 1. The van der Waals surface area contributed by atoms with E-state index in [0.29, 0.717) is 5.69 Å². The molecule has 0 unspecified atom stereocenters. The highest BCUT2D eigenvalue weighted by molar-refractivity contribution is 6.16. The number of ether oxygens (including phenoxy) is 1. The van der Waals surface area contributed by atoms with E-state index >= 15 is 0 Å². The summed E-state index contributed by atoms with van der Waals surface area (Å²) in [5, 5.41) is 0. The lowest BCUT2D eigenvalue weighted by molar-refractivity contribution is -0.138. The monoisotopic (exact) mass is 191 g/mol. The Morgan fingerprint density at radius 1 is 1.00 bits per heavy atom. The van der Waals surface area contributed by atoms with Gasteiger partial charge in [0, 0.05) is 0 Å². The van der Waals surface area contributed by atoms with Gasteiger partial charge in [0.05, 0.1) is 5.69 Å². The van der Waals surface area contributed by atoms with Gasteiger partial charge in [0.1, 0.15) is 13.2 Å². The summed E-state index contributed by atoms with van der Waals surface area (Å²) in [7, 11) is 0. The summed E-state index contributed by atoms with van der Waals surface area (Å²) in [6.07, 6.45) is 0. The van der Waals surface area contributed by atoms with Crippen LogP contribution in [0.3, 0.4) is 0 Å². The number of amides is 2. The van der Waals surface area contributed by atoms with Gasteiger partial charge in [0.2, 0.25) is 0 Å². The Bertz CT molecular complexity index is 345. The van der Waals surface area contributed by atoms with Gasteiger partial charge in [0.15, 0.2) is 0 Å². The average molecular weight is 191 g/mol. The number of hydrogen-bond donors (Lipinski definition) is 0. The molecule has 1 saturated heterocycles. The first-order valence-corrected chi connectivity index (χ1v) is 4.27. The molecule has 0 atom stereocenters. The predicted octanol–water partition coefficient (Wildman–Crippen LogP) is 0.576. The lowest BCUT2D eigenvalue weighted by atomic mass is 10.2. The number of carbonyl (C=O) groups is 2. The molecule has 1 aromatic rings. The fourth-order valence-electron chi connectivity index (χ4n) is 1.36. The third-order valence-corrected chi connectivity index (χ3v) is 1.96. The van der Waals surface area contributed by atoms with Gasteiger partial charge in [-0.15, -0.1) is 0 Å². The van der Waals surface area contributed by atoms with Gasteiger partial charge in [-0.05, 0) is 12.1 Å². The molecule has 0 radical (unpaired) electrons. The maximum absolute atomic E-state index is 11.4. The van der Waals surface area contributed by atoms with E-state index in [1.807, 2.05) is 6.07 Å². The Balaban J connectivity index is 2.32. The van der Waals surface area contributed by atoms with Crippen molar-refractivity contribution in [3.05, 3.63) is 30.3 Å². The van der Waals surface area contributed by atoms with Crippen molar-refractivity contribution in [2.75, 3.05) is 18.1 Å². The molecule has 1 heterocycles. The summed E-state index contributed by atoms with van der Waals surface area (Å²) >= 11 is 0. The standard InChI is InChI=1S/C10H9NO3/c12-9-6-14-7-10(13)11(9)8-4-2-1-3-5-8/h1-5H,6-7H2. The van der Waals surface area contributed by atoms with Crippen LogP contribution in [-0.2, 0) is 14.3 Å². The van der Waals surface area contributed by atoms with E-state index in [1.54, 1.807) is 24.3 Å². The second kappa shape index (κ2) is 3.59. The van der Waals surface area contributed by atoms with E-state index in [4.69, 9.17) is 4.74 Å². The molecule has 1 aliphatic rings. The van der Waals surface area contributed by atoms with E-state index in [9.17, 15) is 9.59 Å². The van der Waals surface area contributed by atoms with Crippen molar-refractivity contribution in [2.45, 2.75) is 0 Å². The molecule has 0 N–H and O–H groups in total. The summed E-state index contributed by atoms with van der Waals surface area (Å²) in [6, 6.07) is 8.85. The molecule has 0 bridgehead atoms. The Morgan fingerprint density at radius 3 is 2.14 bits per heavy atom. The Hall–Kier alpha value is -1.68. The molecule has 0 aliphatic carbocycles. The number of anilines is 1. The van der Waals surface area contributed by atoms with Crippen molar-refractivity contribution in [3.63, 3.8) is 0 Å². The zero-order chi connectivity index (χ0) is 9.97. The van der Waals surface area contributed by atoms with Crippen LogP contribution in [0.2, 0.25) is 0 Å². The minimum Gasteiger partial charge on any atom is -0.362 e. The topological polar surface area (TPSA) is 46.6 Å². The van der Waals surface area contributed by atoms with Gasteiger partial charge < -0.3 is 4.74 Å². The quantitative estimate of drug-likeness (QED) is 0.610. The number of imide groups is 1. The van der Waals surface area contributed by atoms with Crippen LogP contribution in [0, 0.1) is 0 Å². The molecule has 1 aromatic carbocycles. The van der Waals surface area contributed by atoms with Gasteiger partial charge in [-0.25, -0.2) is 4.90 Å². The van der Waals surface area contributed by atoms with E-state index < -0.39 is 0 Å². The molecule has 72 valence electrons. The number of morpholine rings is 1. The van der Waals surface area contributed by atoms with Crippen molar-refractivity contribution < 1.29 is 14.3 Å². The molecule has 0 aromatic heterocycles. The maximum Gasteiger partial charge on any atom is 0.259 e. The molecule has 0 spiro atoms. The first-order chi connectivity index (χ1) is 6.79. The SMILES string of the molecule is O=C1COCC(=O)N1c1ccccc1. The highest BCUT2D eigenvalue weighted by atomic mass is 16.5. The van der Waals surface area contributed by atoms with Crippen LogP contribution in [-0.4, -0.2) is 25.0 Å². The molecule has 14 heavy (non-hydrogen) atoms. The zero-order valence-corrected chi connectivity index (χ0v) is 7.47. The van der Waals surface area contributed by atoms with E-state index in [2.05, 4.69) is 0 Å². The van der Waals surface area contributed by atoms with Crippen LogP contribution >= 0.6 is 0 Å². The maximum atomic E-state index is 11.4. The summed E-state index contributed by atoms with van der Waals surface area (Å²) < 4.78 is 4.80. The second-order valence-corrected chi connectivity index (χ2v) is 2.95. The average Bonchev–Trinajstić information content (AvgIpc) is 2.19. The first kappa shape index (κ1) is 8.90. The zero-order valence-electron chi connectivity index (χ0n) is 7.47. The molecule has 4 heteroatoms. The fraction of sp³-hybridized carbons (Fsp3) is 0.200. The van der Waals surface area contributed by atoms with E-state index in [1.165, 1.54) is 0 Å². The Kier molecular flexibility index (Phi) is 2.28. The Labute approximate surface area is 81.1 Å². The number of benzene rings is 1. The summed E-state index contributed by atoms with van der Waals surface area (Å²) in [5.41, 5.74) is 0.603. The van der Waals surface area contributed by atoms with Gasteiger partial charge >= 0.3 is 0 Å². The van der Waals surface area contributed by atoms with Crippen molar-refractivity contribution >= 4 is 17.5 Å². The van der Waals surface area contributed by atoms with Crippen LogP contribution < -0.4 is 4.90 Å². The summed E-state index contributed by atoms with van der Waals surface area (Å²) in [5.74, 6) is -0.625. The molecule has 2 rings (SSSR count). The number of hydrogen-bond acceptors (Lipinski definition) is 3. The smallest absolute Gasteiger partial charge is 0.259 e. The third-order valence-electron chi connectivity index (χ3n) is 1.96. The summed E-state index contributed by atoms with van der Waals surface area (Å²) in [6.45, 7) is -0.0543. The van der Waals surface area contributed by atoms with Crippen molar-refractivity contribution in [1.82, 2.24) is 0 Å². The number of rotatable bonds is 1. The first-order valence-electron chi connectivity index (χ1n) is 4.27. The predicted molar refractivity (Wildman–Crippen MR) is 49.8 cm³/mol. The molecule has 4 nitrogen and oxygen atoms in total. The van der Waals surface area contributed by atoms with Gasteiger partial charge in [-0.3, -0.25) is 9.59 Å². The highest BCUT2D eigenvalue weighted by Crippen LogP contribution is 2.15. The molecule has 0 saturated carbocycles. The minimum atomic E-state index is -0.313. The van der Waals surface area contributed by atoms with Crippen LogP contribution in [0.5, 0.6) is 0 Å². The highest BCUT2D eigenvalue weighted by Gasteiger charge is 2.27. The molecular weight excluding hydrogens is 182 g/mol. The van der Waals surface area contributed by atoms with Gasteiger partial charge in [0.25, 0.3) is 11.8 Å². The molecule has 1 fully saturated rings. The van der Waals surface area contributed by atoms with Gasteiger partial charge in [-0.1, -0.05) is 18.2 Å². The lowest BCUT2D eigenvalue weighted by Crippen LogP contribution is -2.46. The lowest BCUT2D eigenvalue weighted by Gasteiger charge is -2.24. The third kappa shape index (κ3) is 1.52. The normalized spacial score (nSPS) is 17.3. The molecule has 2 amide bonds. The van der Waals surface area contributed by atoms with Crippen LogP contribution in [0.15, 0.2) is 30.3 Å². The number of carbonyl (C=O) groups excluding carboxylic acids is 2. The van der Waals surface area contributed by atoms with E-state index in [0.717, 1.165) is 4.90 Å². The van der Waals surface area contributed by atoms with Gasteiger partial charge in [-0.2, -0.15) is 0 Å². The van der Waals surface area contributed by atoms with Crippen LogP contribution in [0.25, 0.3) is 0 Å². The van der Waals surface area contributed by atoms with Crippen molar-refractivity contribution in [3.8, 4) is 0 Å². The second-order valence-electron chi connectivity index (χ2n) is 2.95. The fourth-order valence-corrected chi connectivity index (χ4v) is 1.36. The summed E-state index contributed by atoms with van der Waals surface area (Å²) in [4.78, 5) is 23.9. The van der Waals surface area contributed by atoms with Crippen molar-refractivity contribution in [1.29, 1.82) is 0 Å².